The van der Waals surface area contributed by atoms with E-state index in [4.69, 9.17) is 0 Å². The molecule has 3 aromatic rings. The van der Waals surface area contributed by atoms with Crippen molar-refractivity contribution in [3.63, 3.8) is 0 Å². The maximum atomic E-state index is 13.5. The van der Waals surface area contributed by atoms with Gasteiger partial charge in [0.25, 0.3) is 5.56 Å². The summed E-state index contributed by atoms with van der Waals surface area (Å²) in [5, 5.41) is 3.10. The molecule has 0 aliphatic rings. The zero-order valence-electron chi connectivity index (χ0n) is 11.3. The first-order valence-electron chi connectivity index (χ1n) is 6.65. The van der Waals surface area contributed by atoms with Crippen LogP contribution in [0.1, 0.15) is 11.3 Å². The number of benzene rings is 1. The lowest BCUT2D eigenvalue weighted by Gasteiger charge is -2.06. The summed E-state index contributed by atoms with van der Waals surface area (Å²) in [6.45, 7) is 0.803. The van der Waals surface area contributed by atoms with Crippen molar-refractivity contribution in [2.45, 2.75) is 13.1 Å². The first-order valence-corrected chi connectivity index (χ1v) is 6.65. The van der Waals surface area contributed by atoms with Gasteiger partial charge in [0.2, 0.25) is 0 Å². The number of fused-ring (bicyclic) bond motifs is 1. The summed E-state index contributed by atoms with van der Waals surface area (Å²) in [6, 6.07) is 13.5. The molecular weight excluding hydrogens is 269 g/mol. The van der Waals surface area contributed by atoms with E-state index in [1.807, 2.05) is 6.07 Å². The molecule has 0 bridgehead atoms. The first-order chi connectivity index (χ1) is 10.2. The van der Waals surface area contributed by atoms with Crippen LogP contribution in [0.4, 0.5) is 4.39 Å². The summed E-state index contributed by atoms with van der Waals surface area (Å²) in [5.74, 6) is -0.239. The van der Waals surface area contributed by atoms with E-state index in [1.165, 1.54) is 16.5 Å². The lowest BCUT2D eigenvalue weighted by molar-refractivity contribution is 0.585. The van der Waals surface area contributed by atoms with Crippen LogP contribution < -0.4 is 10.9 Å². The van der Waals surface area contributed by atoms with Gasteiger partial charge in [-0.1, -0.05) is 24.3 Å². The van der Waals surface area contributed by atoms with Gasteiger partial charge in [0.1, 0.15) is 11.5 Å². The second-order valence-corrected chi connectivity index (χ2v) is 4.71. The molecule has 0 amide bonds. The van der Waals surface area contributed by atoms with E-state index in [0.717, 1.165) is 0 Å². The largest absolute Gasteiger partial charge is 0.307 e. The quantitative estimate of drug-likeness (QED) is 0.798. The molecule has 0 unspecified atom stereocenters. The lowest BCUT2D eigenvalue weighted by Crippen LogP contribution is -2.20. The number of halogens is 1. The molecule has 0 atom stereocenters. The van der Waals surface area contributed by atoms with Gasteiger partial charge in [-0.3, -0.25) is 9.20 Å². The zero-order valence-corrected chi connectivity index (χ0v) is 11.3. The number of rotatable bonds is 4. The highest BCUT2D eigenvalue weighted by Crippen LogP contribution is 2.06. The SMILES string of the molecule is O=c1cc(CNCc2ccccc2F)nc2ccccn12. The van der Waals surface area contributed by atoms with Gasteiger partial charge in [-0.05, 0) is 18.2 Å². The number of nitrogens with one attached hydrogen (secondary N) is 1. The van der Waals surface area contributed by atoms with Gasteiger partial charge >= 0.3 is 0 Å². The topological polar surface area (TPSA) is 46.4 Å². The van der Waals surface area contributed by atoms with E-state index in [2.05, 4.69) is 10.3 Å². The molecule has 0 saturated carbocycles. The van der Waals surface area contributed by atoms with Crippen molar-refractivity contribution in [1.82, 2.24) is 14.7 Å². The summed E-state index contributed by atoms with van der Waals surface area (Å²) >= 11 is 0. The Balaban J connectivity index is 1.74. The van der Waals surface area contributed by atoms with Crippen LogP contribution in [0, 0.1) is 5.82 Å². The van der Waals surface area contributed by atoms with Crippen LogP contribution in [0.25, 0.3) is 5.65 Å². The summed E-state index contributed by atoms with van der Waals surface area (Å²) in [4.78, 5) is 16.3. The second kappa shape index (κ2) is 5.85. The van der Waals surface area contributed by atoms with Crippen molar-refractivity contribution in [3.05, 3.63) is 82.2 Å². The van der Waals surface area contributed by atoms with Crippen molar-refractivity contribution in [3.8, 4) is 0 Å². The lowest BCUT2D eigenvalue weighted by atomic mass is 10.2. The fraction of sp³-hybridized carbons (Fsp3) is 0.125. The van der Waals surface area contributed by atoms with Gasteiger partial charge in [-0.15, -0.1) is 0 Å². The fourth-order valence-electron chi connectivity index (χ4n) is 2.16. The van der Waals surface area contributed by atoms with Crippen LogP contribution in [0.3, 0.4) is 0 Å². The number of aromatic nitrogens is 2. The van der Waals surface area contributed by atoms with E-state index in [1.54, 1.807) is 36.5 Å². The van der Waals surface area contributed by atoms with Crippen molar-refractivity contribution in [2.75, 3.05) is 0 Å². The molecule has 21 heavy (non-hydrogen) atoms. The molecule has 106 valence electrons. The molecule has 0 aliphatic carbocycles. The Morgan fingerprint density at radius 2 is 1.90 bits per heavy atom. The van der Waals surface area contributed by atoms with E-state index in [9.17, 15) is 9.18 Å². The molecule has 0 radical (unpaired) electrons. The standard InChI is InChI=1S/C16H14FN3O/c17-14-6-2-1-5-12(14)10-18-11-13-9-16(21)20-8-4-3-7-15(20)19-13/h1-9,18H,10-11H2. The molecule has 0 saturated heterocycles. The van der Waals surface area contributed by atoms with Gasteiger partial charge in [0.05, 0.1) is 5.69 Å². The maximum Gasteiger partial charge on any atom is 0.258 e. The van der Waals surface area contributed by atoms with Gasteiger partial charge in [0.15, 0.2) is 0 Å². The number of pyridine rings is 1. The average molecular weight is 283 g/mol. The third-order valence-electron chi connectivity index (χ3n) is 3.20. The van der Waals surface area contributed by atoms with E-state index in [-0.39, 0.29) is 11.4 Å². The Bertz CT molecular complexity index is 829. The molecule has 0 fully saturated rings. The first kappa shape index (κ1) is 13.5. The van der Waals surface area contributed by atoms with E-state index < -0.39 is 0 Å². The van der Waals surface area contributed by atoms with Crippen LogP contribution >= 0.6 is 0 Å². The minimum atomic E-state index is -0.239. The molecule has 0 spiro atoms. The number of hydrogen-bond donors (Lipinski definition) is 1. The molecule has 2 aromatic heterocycles. The van der Waals surface area contributed by atoms with Crippen molar-refractivity contribution < 1.29 is 4.39 Å². The van der Waals surface area contributed by atoms with Gasteiger partial charge in [-0.2, -0.15) is 0 Å². The molecule has 5 heteroatoms. The zero-order chi connectivity index (χ0) is 14.7. The Morgan fingerprint density at radius 1 is 1.10 bits per heavy atom. The minimum Gasteiger partial charge on any atom is -0.307 e. The Hall–Kier alpha value is -2.53. The predicted octanol–water partition coefficient (Wildman–Crippen LogP) is 2.12. The highest BCUT2D eigenvalue weighted by atomic mass is 19.1. The summed E-state index contributed by atoms with van der Waals surface area (Å²) in [5.41, 5.74) is 1.72. The van der Waals surface area contributed by atoms with Crippen molar-refractivity contribution in [1.29, 1.82) is 0 Å². The average Bonchev–Trinajstić information content (AvgIpc) is 2.49. The molecule has 2 heterocycles. The molecule has 4 nitrogen and oxygen atoms in total. The van der Waals surface area contributed by atoms with Crippen LogP contribution in [0.15, 0.2) is 59.5 Å². The van der Waals surface area contributed by atoms with Gasteiger partial charge in [0, 0.05) is 30.9 Å². The van der Waals surface area contributed by atoms with Crippen LogP contribution in [0.2, 0.25) is 0 Å². The van der Waals surface area contributed by atoms with Crippen LogP contribution in [0.5, 0.6) is 0 Å². The Kier molecular flexibility index (Phi) is 3.75. The van der Waals surface area contributed by atoms with Gasteiger partial charge in [-0.25, -0.2) is 9.37 Å². The van der Waals surface area contributed by atoms with E-state index >= 15 is 0 Å². The molecule has 3 rings (SSSR count). The molecule has 1 aromatic carbocycles. The smallest absolute Gasteiger partial charge is 0.258 e. The van der Waals surface area contributed by atoms with Crippen molar-refractivity contribution in [2.24, 2.45) is 0 Å². The monoisotopic (exact) mass is 283 g/mol. The summed E-state index contributed by atoms with van der Waals surface area (Å²) in [6.07, 6.45) is 1.68. The maximum absolute atomic E-state index is 13.5. The fourth-order valence-corrected chi connectivity index (χ4v) is 2.16. The van der Waals surface area contributed by atoms with Crippen LogP contribution in [-0.2, 0) is 13.1 Å². The third kappa shape index (κ3) is 2.98. The third-order valence-corrected chi connectivity index (χ3v) is 3.20. The predicted molar refractivity (Wildman–Crippen MR) is 78.4 cm³/mol. The highest BCUT2D eigenvalue weighted by Gasteiger charge is 2.03. The number of hydrogen-bond acceptors (Lipinski definition) is 3. The summed E-state index contributed by atoms with van der Waals surface area (Å²) < 4.78 is 15.0. The Morgan fingerprint density at radius 3 is 2.76 bits per heavy atom. The highest BCUT2D eigenvalue weighted by molar-refractivity contribution is 5.37. The number of nitrogens with zero attached hydrogens (tertiary/aromatic N) is 2. The van der Waals surface area contributed by atoms with Crippen molar-refractivity contribution >= 4 is 5.65 Å². The minimum absolute atomic E-state index is 0.122. The van der Waals surface area contributed by atoms with Crippen LogP contribution in [-0.4, -0.2) is 9.38 Å². The molecule has 0 aliphatic heterocycles. The molecule has 1 N–H and O–H groups in total. The Labute approximate surface area is 120 Å². The normalized spacial score (nSPS) is 10.9. The summed E-state index contributed by atoms with van der Waals surface area (Å²) in [7, 11) is 0. The second-order valence-electron chi connectivity index (χ2n) is 4.71. The van der Waals surface area contributed by atoms with Gasteiger partial charge < -0.3 is 5.32 Å². The molecular formula is C16H14FN3O. The van der Waals surface area contributed by atoms with E-state index in [0.29, 0.717) is 30.0 Å².